The van der Waals surface area contributed by atoms with Crippen molar-refractivity contribution in [2.75, 3.05) is 6.54 Å². The molecule has 0 spiro atoms. The van der Waals surface area contributed by atoms with Gasteiger partial charge in [0.15, 0.2) is 0 Å². The summed E-state index contributed by atoms with van der Waals surface area (Å²) in [5.41, 5.74) is 0.510. The fraction of sp³-hybridized carbons (Fsp3) is 0.200. The first-order valence-corrected chi connectivity index (χ1v) is 10.4. The Labute approximate surface area is 163 Å². The third-order valence-electron chi connectivity index (χ3n) is 4.18. The molecule has 1 unspecified atom stereocenters. The summed E-state index contributed by atoms with van der Waals surface area (Å²) in [5, 5.41) is 10.8. The van der Waals surface area contributed by atoms with Crippen LogP contribution < -0.4 is 4.46 Å². The van der Waals surface area contributed by atoms with Crippen molar-refractivity contribution >= 4 is 43.0 Å². The Morgan fingerprint density at radius 3 is 2.70 bits per heavy atom. The van der Waals surface area contributed by atoms with E-state index in [9.17, 15) is 19.7 Å². The molecule has 1 aliphatic rings. The van der Waals surface area contributed by atoms with Gasteiger partial charge in [-0.05, 0) is 0 Å². The van der Waals surface area contributed by atoms with Gasteiger partial charge in [0.05, 0.1) is 0 Å². The fourth-order valence-electron chi connectivity index (χ4n) is 2.83. The number of benzene rings is 2. The average molecular weight is 429 g/mol. The number of nitro groups is 1. The maximum atomic E-state index is 12.7. The molecule has 138 valence electrons. The van der Waals surface area contributed by atoms with Crippen molar-refractivity contribution in [2.45, 2.75) is 17.7 Å². The summed E-state index contributed by atoms with van der Waals surface area (Å²) >= 11 is -0.0128. The number of hydrogen-bond donors (Lipinski definition) is 0. The topological polar surface area (TPSA) is 80.5 Å². The van der Waals surface area contributed by atoms with E-state index in [0.29, 0.717) is 12.1 Å². The molecule has 0 N–H and O–H groups in total. The quantitative estimate of drug-likeness (QED) is 0.317. The van der Waals surface area contributed by atoms with Crippen LogP contribution >= 0.6 is 0 Å². The van der Waals surface area contributed by atoms with Crippen molar-refractivity contribution in [3.8, 4) is 0 Å². The molecule has 1 fully saturated rings. The minimum atomic E-state index is -0.483. The Morgan fingerprint density at radius 2 is 1.96 bits per heavy atom. The summed E-state index contributed by atoms with van der Waals surface area (Å²) in [6.45, 7) is 0.415. The van der Waals surface area contributed by atoms with E-state index in [-0.39, 0.29) is 37.3 Å². The van der Waals surface area contributed by atoms with E-state index in [1.807, 2.05) is 30.3 Å². The Kier molecular flexibility index (Phi) is 6.16. The standard InChI is InChI=1S/C20H18N2O4Se/c23-19(12-11-15-6-4-7-16(14-15)22(25)26)21-13-5-10-18(20(21)24)27-17-8-2-1-3-9-17/h1-4,6-9,11-12,14,18H,5,10,13H2/b12-11+. The summed E-state index contributed by atoms with van der Waals surface area (Å²) in [7, 11) is 0. The molecule has 2 aromatic rings. The fourth-order valence-corrected chi connectivity index (χ4v) is 5.26. The van der Waals surface area contributed by atoms with E-state index in [0.717, 1.165) is 17.3 Å². The number of carbonyl (C=O) groups is 2. The van der Waals surface area contributed by atoms with Gasteiger partial charge in [-0.1, -0.05) is 0 Å². The predicted molar refractivity (Wildman–Crippen MR) is 104 cm³/mol. The third-order valence-corrected chi connectivity index (χ3v) is 6.83. The molecule has 2 amide bonds. The molecule has 1 heterocycles. The van der Waals surface area contributed by atoms with Crippen LogP contribution in [0, 0.1) is 10.1 Å². The first kappa shape index (κ1) is 19.0. The van der Waals surface area contributed by atoms with E-state index in [2.05, 4.69) is 0 Å². The summed E-state index contributed by atoms with van der Waals surface area (Å²) < 4.78 is 1.14. The van der Waals surface area contributed by atoms with Crippen LogP contribution in [0.4, 0.5) is 5.69 Å². The molecule has 0 radical (unpaired) electrons. The summed E-state index contributed by atoms with van der Waals surface area (Å²) in [5.74, 6) is -0.501. The summed E-state index contributed by atoms with van der Waals surface area (Å²) in [6.07, 6.45) is 4.41. The molecule has 7 heteroatoms. The van der Waals surface area contributed by atoms with Gasteiger partial charge >= 0.3 is 163 Å². The average Bonchev–Trinajstić information content (AvgIpc) is 2.69. The second kappa shape index (κ2) is 8.75. The SMILES string of the molecule is O=C(/C=C/c1cccc([N+](=O)[O-])c1)N1CCCC([Se]c2ccccc2)C1=O. The molecule has 3 rings (SSSR count). The zero-order valence-corrected chi connectivity index (χ0v) is 16.2. The van der Waals surface area contributed by atoms with E-state index < -0.39 is 4.92 Å². The third kappa shape index (κ3) is 4.90. The van der Waals surface area contributed by atoms with Gasteiger partial charge in [0.2, 0.25) is 0 Å². The van der Waals surface area contributed by atoms with Crippen LogP contribution in [0.5, 0.6) is 0 Å². The van der Waals surface area contributed by atoms with Gasteiger partial charge in [0, 0.05) is 0 Å². The number of nitrogens with zero attached hydrogens (tertiary/aromatic N) is 2. The van der Waals surface area contributed by atoms with Crippen LogP contribution in [0.15, 0.2) is 60.7 Å². The molecule has 1 saturated heterocycles. The monoisotopic (exact) mass is 430 g/mol. The Bertz CT molecular complexity index is 883. The summed E-state index contributed by atoms with van der Waals surface area (Å²) in [4.78, 5) is 36.7. The van der Waals surface area contributed by atoms with Gasteiger partial charge in [-0.3, -0.25) is 0 Å². The normalized spacial score (nSPS) is 17.3. The number of imide groups is 1. The van der Waals surface area contributed by atoms with Crippen LogP contribution in [0.1, 0.15) is 18.4 Å². The van der Waals surface area contributed by atoms with E-state index in [4.69, 9.17) is 0 Å². The van der Waals surface area contributed by atoms with Gasteiger partial charge in [-0.25, -0.2) is 0 Å². The molecular formula is C20H18N2O4Se. The number of rotatable bonds is 5. The first-order chi connectivity index (χ1) is 13.0. The zero-order valence-electron chi connectivity index (χ0n) is 14.5. The molecular weight excluding hydrogens is 411 g/mol. The molecule has 1 atom stereocenters. The predicted octanol–water partition coefficient (Wildman–Crippen LogP) is 2.58. The molecule has 0 aromatic heterocycles. The van der Waals surface area contributed by atoms with Crippen molar-refractivity contribution in [1.29, 1.82) is 0 Å². The van der Waals surface area contributed by atoms with Gasteiger partial charge in [-0.2, -0.15) is 0 Å². The van der Waals surface area contributed by atoms with Crippen LogP contribution in [0.2, 0.25) is 4.82 Å². The second-order valence-electron chi connectivity index (χ2n) is 6.08. The Balaban J connectivity index is 1.68. The molecule has 27 heavy (non-hydrogen) atoms. The number of non-ortho nitro benzene ring substituents is 1. The van der Waals surface area contributed by atoms with Crippen molar-refractivity contribution in [1.82, 2.24) is 4.90 Å². The molecule has 1 aliphatic heterocycles. The zero-order chi connectivity index (χ0) is 19.2. The molecule has 2 aromatic carbocycles. The van der Waals surface area contributed by atoms with Crippen molar-refractivity contribution in [3.05, 3.63) is 76.4 Å². The maximum absolute atomic E-state index is 12.7. The molecule has 0 saturated carbocycles. The second-order valence-corrected chi connectivity index (χ2v) is 8.75. The van der Waals surface area contributed by atoms with Gasteiger partial charge in [-0.15, -0.1) is 0 Å². The van der Waals surface area contributed by atoms with Crippen LogP contribution in [0.3, 0.4) is 0 Å². The van der Waals surface area contributed by atoms with Crippen LogP contribution in [0.25, 0.3) is 6.08 Å². The van der Waals surface area contributed by atoms with E-state index in [1.54, 1.807) is 12.1 Å². The number of hydrogen-bond acceptors (Lipinski definition) is 4. The van der Waals surface area contributed by atoms with Gasteiger partial charge in [0.1, 0.15) is 0 Å². The number of likely N-dealkylation sites (tertiary alicyclic amines) is 1. The molecule has 6 nitrogen and oxygen atoms in total. The number of piperidine rings is 1. The molecule has 0 bridgehead atoms. The van der Waals surface area contributed by atoms with Crippen molar-refractivity contribution in [2.24, 2.45) is 0 Å². The number of nitro benzene ring substituents is 1. The number of amides is 2. The Morgan fingerprint density at radius 1 is 1.19 bits per heavy atom. The van der Waals surface area contributed by atoms with Crippen LogP contribution in [-0.2, 0) is 9.59 Å². The molecule has 0 aliphatic carbocycles. The van der Waals surface area contributed by atoms with Crippen molar-refractivity contribution < 1.29 is 14.5 Å². The Hall–Kier alpha value is -2.76. The number of carbonyl (C=O) groups excluding carboxylic acids is 2. The minimum absolute atomic E-state index is 0.0128. The van der Waals surface area contributed by atoms with Crippen LogP contribution in [-0.4, -0.2) is 43.1 Å². The van der Waals surface area contributed by atoms with Crippen molar-refractivity contribution in [3.63, 3.8) is 0 Å². The first-order valence-electron chi connectivity index (χ1n) is 8.54. The summed E-state index contributed by atoms with van der Waals surface area (Å²) in [6, 6.07) is 15.9. The van der Waals surface area contributed by atoms with E-state index in [1.165, 1.54) is 29.2 Å². The van der Waals surface area contributed by atoms with Gasteiger partial charge < -0.3 is 0 Å². The van der Waals surface area contributed by atoms with E-state index >= 15 is 0 Å². The van der Waals surface area contributed by atoms with Gasteiger partial charge in [0.25, 0.3) is 0 Å².